The molecule has 2 aromatic rings. The molecule has 0 radical (unpaired) electrons. The lowest BCUT2D eigenvalue weighted by Crippen LogP contribution is -2.16. The van der Waals surface area contributed by atoms with Gasteiger partial charge in [-0.2, -0.15) is 0 Å². The Bertz CT molecular complexity index is 692. The number of nitrogens with two attached hydrogens (primary N) is 1. The van der Waals surface area contributed by atoms with Crippen LogP contribution >= 0.6 is 11.6 Å². The lowest BCUT2D eigenvalue weighted by molar-refractivity contribution is 0.102. The Hall–Kier alpha value is -2.35. The fourth-order valence-corrected chi connectivity index (χ4v) is 1.73. The van der Waals surface area contributed by atoms with Crippen LogP contribution in [0.5, 0.6) is 0 Å². The molecule has 0 saturated heterocycles. The molecule has 1 aromatic heterocycles. The van der Waals surface area contributed by atoms with Crippen molar-refractivity contribution in [3.8, 4) is 0 Å². The highest BCUT2D eigenvalue weighted by Gasteiger charge is 2.21. The van der Waals surface area contributed by atoms with E-state index in [0.29, 0.717) is 0 Å². The topological polar surface area (TPSA) is 68.0 Å². The number of hydrogen-bond acceptors (Lipinski definition) is 3. The molecular formula is C12H6ClF4N3O. The third-order valence-corrected chi connectivity index (χ3v) is 2.62. The normalized spacial score (nSPS) is 10.5. The third-order valence-electron chi connectivity index (χ3n) is 2.43. The van der Waals surface area contributed by atoms with Crippen molar-refractivity contribution in [2.45, 2.75) is 0 Å². The maximum Gasteiger partial charge on any atom is 0.256 e. The first kappa shape index (κ1) is 15.0. The number of benzene rings is 1. The first-order chi connectivity index (χ1) is 9.79. The molecule has 0 spiro atoms. The van der Waals surface area contributed by atoms with Gasteiger partial charge in [0, 0.05) is 11.6 Å². The number of carbonyl (C=O) groups is 1. The van der Waals surface area contributed by atoms with Crippen LogP contribution in [0.15, 0.2) is 18.2 Å². The van der Waals surface area contributed by atoms with Gasteiger partial charge in [0.2, 0.25) is 0 Å². The Morgan fingerprint density at radius 3 is 2.19 bits per heavy atom. The molecule has 3 N–H and O–H groups in total. The van der Waals surface area contributed by atoms with Crippen LogP contribution in [0.2, 0.25) is 5.15 Å². The van der Waals surface area contributed by atoms with Gasteiger partial charge >= 0.3 is 0 Å². The molecule has 0 unspecified atom stereocenters. The molecule has 0 atom stereocenters. The standard InChI is InChI=1S/C12H6ClF4N3O/c13-7-1-4(2-8(18)19-7)12(21)20-11-9(16)5(14)3-6(15)10(11)17/h1-3H,(H2,18,19)(H,20,21). The zero-order chi connectivity index (χ0) is 15.7. The van der Waals surface area contributed by atoms with E-state index < -0.39 is 34.9 Å². The minimum atomic E-state index is -1.73. The molecule has 0 aliphatic heterocycles. The maximum atomic E-state index is 13.4. The second kappa shape index (κ2) is 5.57. The highest BCUT2D eigenvalue weighted by Crippen LogP contribution is 2.25. The second-order valence-electron chi connectivity index (χ2n) is 3.90. The molecule has 4 nitrogen and oxygen atoms in total. The van der Waals surface area contributed by atoms with Gasteiger partial charge in [0.15, 0.2) is 23.3 Å². The van der Waals surface area contributed by atoms with E-state index in [1.165, 1.54) is 0 Å². The van der Waals surface area contributed by atoms with E-state index in [4.69, 9.17) is 17.3 Å². The summed E-state index contributed by atoms with van der Waals surface area (Å²) in [5.74, 6) is -7.91. The van der Waals surface area contributed by atoms with Crippen LogP contribution in [0.1, 0.15) is 10.4 Å². The fraction of sp³-hybridized carbons (Fsp3) is 0. The number of rotatable bonds is 2. The highest BCUT2D eigenvalue weighted by molar-refractivity contribution is 6.30. The van der Waals surface area contributed by atoms with E-state index in [-0.39, 0.29) is 22.6 Å². The molecule has 0 saturated carbocycles. The van der Waals surface area contributed by atoms with Crippen LogP contribution in [0.4, 0.5) is 29.1 Å². The largest absolute Gasteiger partial charge is 0.384 e. The summed E-state index contributed by atoms with van der Waals surface area (Å²) in [7, 11) is 0. The van der Waals surface area contributed by atoms with E-state index in [2.05, 4.69) is 4.98 Å². The lowest BCUT2D eigenvalue weighted by Gasteiger charge is -2.09. The summed E-state index contributed by atoms with van der Waals surface area (Å²) < 4.78 is 52.9. The van der Waals surface area contributed by atoms with Crippen LogP contribution in [-0.4, -0.2) is 10.9 Å². The van der Waals surface area contributed by atoms with E-state index in [0.717, 1.165) is 12.1 Å². The number of aromatic nitrogens is 1. The van der Waals surface area contributed by atoms with Gasteiger partial charge in [0.1, 0.15) is 16.7 Å². The molecule has 1 aromatic carbocycles. The number of anilines is 2. The summed E-state index contributed by atoms with van der Waals surface area (Å²) in [4.78, 5) is 15.4. The summed E-state index contributed by atoms with van der Waals surface area (Å²) in [5, 5.41) is 1.59. The van der Waals surface area contributed by atoms with Crippen molar-refractivity contribution >= 4 is 29.0 Å². The Labute approximate surface area is 120 Å². The van der Waals surface area contributed by atoms with Gasteiger partial charge in [-0.1, -0.05) is 11.6 Å². The number of nitrogens with one attached hydrogen (secondary N) is 1. The second-order valence-corrected chi connectivity index (χ2v) is 4.29. The quantitative estimate of drug-likeness (QED) is 0.507. The summed E-state index contributed by atoms with van der Waals surface area (Å²) in [6.07, 6.45) is 0. The highest BCUT2D eigenvalue weighted by atomic mass is 35.5. The number of nitrogens with zero attached hydrogens (tertiary/aromatic N) is 1. The number of carbonyl (C=O) groups excluding carboxylic acids is 1. The van der Waals surface area contributed by atoms with Crippen molar-refractivity contribution in [3.63, 3.8) is 0 Å². The van der Waals surface area contributed by atoms with Gasteiger partial charge in [-0.15, -0.1) is 0 Å². The number of nitrogen functional groups attached to an aromatic ring is 1. The Morgan fingerprint density at radius 2 is 1.67 bits per heavy atom. The van der Waals surface area contributed by atoms with Gasteiger partial charge in [-0.25, -0.2) is 22.5 Å². The molecule has 0 aliphatic carbocycles. The van der Waals surface area contributed by atoms with Crippen molar-refractivity contribution in [2.75, 3.05) is 11.1 Å². The van der Waals surface area contributed by atoms with E-state index >= 15 is 0 Å². The van der Waals surface area contributed by atoms with E-state index in [1.807, 2.05) is 0 Å². The predicted molar refractivity (Wildman–Crippen MR) is 67.9 cm³/mol. The average molecular weight is 320 g/mol. The van der Waals surface area contributed by atoms with Crippen molar-refractivity contribution in [1.29, 1.82) is 0 Å². The SMILES string of the molecule is Nc1cc(C(=O)Nc2c(F)c(F)cc(F)c2F)cc(Cl)n1. The lowest BCUT2D eigenvalue weighted by atomic mass is 10.2. The molecule has 0 aliphatic rings. The molecule has 0 bridgehead atoms. The average Bonchev–Trinajstić information content (AvgIpc) is 2.40. The molecule has 0 fully saturated rings. The molecule has 110 valence electrons. The van der Waals surface area contributed by atoms with Gasteiger partial charge in [-0.05, 0) is 12.1 Å². The van der Waals surface area contributed by atoms with Crippen molar-refractivity contribution < 1.29 is 22.4 Å². The van der Waals surface area contributed by atoms with Crippen molar-refractivity contribution in [2.24, 2.45) is 0 Å². The van der Waals surface area contributed by atoms with E-state index in [9.17, 15) is 22.4 Å². The van der Waals surface area contributed by atoms with Crippen LogP contribution in [0, 0.1) is 23.3 Å². The minimum Gasteiger partial charge on any atom is -0.384 e. The summed E-state index contributed by atoms with van der Waals surface area (Å²) >= 11 is 5.57. The Morgan fingerprint density at radius 1 is 1.10 bits per heavy atom. The van der Waals surface area contributed by atoms with Gasteiger partial charge in [0.25, 0.3) is 5.91 Å². The smallest absolute Gasteiger partial charge is 0.256 e. The monoisotopic (exact) mass is 319 g/mol. The number of hydrogen-bond donors (Lipinski definition) is 2. The fourth-order valence-electron chi connectivity index (χ4n) is 1.52. The summed E-state index contributed by atoms with van der Waals surface area (Å²) in [5.41, 5.74) is 3.92. The van der Waals surface area contributed by atoms with Crippen LogP contribution in [0.3, 0.4) is 0 Å². The van der Waals surface area contributed by atoms with Crippen LogP contribution in [-0.2, 0) is 0 Å². The summed E-state index contributed by atoms with van der Waals surface area (Å²) in [6.45, 7) is 0. The molecular weight excluding hydrogens is 314 g/mol. The molecule has 21 heavy (non-hydrogen) atoms. The zero-order valence-corrected chi connectivity index (χ0v) is 10.8. The molecule has 2 rings (SSSR count). The summed E-state index contributed by atoms with van der Waals surface area (Å²) in [6, 6.07) is 2.17. The maximum absolute atomic E-state index is 13.4. The Balaban J connectivity index is 2.40. The minimum absolute atomic E-state index is 0.0294. The zero-order valence-electron chi connectivity index (χ0n) is 10.1. The Kier molecular flexibility index (Phi) is 3.99. The van der Waals surface area contributed by atoms with Crippen LogP contribution in [0.25, 0.3) is 0 Å². The van der Waals surface area contributed by atoms with Crippen LogP contribution < -0.4 is 11.1 Å². The first-order valence-corrected chi connectivity index (χ1v) is 5.74. The van der Waals surface area contributed by atoms with Crippen molar-refractivity contribution in [3.05, 3.63) is 52.2 Å². The number of amides is 1. The number of pyridine rings is 1. The van der Waals surface area contributed by atoms with Crippen molar-refractivity contribution in [1.82, 2.24) is 4.98 Å². The van der Waals surface area contributed by atoms with Gasteiger partial charge < -0.3 is 11.1 Å². The first-order valence-electron chi connectivity index (χ1n) is 5.37. The molecule has 1 amide bonds. The molecule has 9 heteroatoms. The van der Waals surface area contributed by atoms with Gasteiger partial charge in [-0.3, -0.25) is 4.79 Å². The van der Waals surface area contributed by atoms with Gasteiger partial charge in [0.05, 0.1) is 0 Å². The molecule has 1 heterocycles. The van der Waals surface area contributed by atoms with E-state index in [1.54, 1.807) is 5.32 Å². The predicted octanol–water partition coefficient (Wildman–Crippen LogP) is 3.13. The third kappa shape index (κ3) is 3.05. The number of halogens is 5.